The second-order valence-electron chi connectivity index (χ2n) is 13.3. The summed E-state index contributed by atoms with van der Waals surface area (Å²) in [6.45, 7) is 18.4. The Balaban J connectivity index is 0.00000230. The summed E-state index contributed by atoms with van der Waals surface area (Å²) in [7, 11) is 2.20. The largest absolute Gasteiger partial charge is 1.00 e. The fraction of sp³-hybridized carbons (Fsp3) is 0.244. The number of hydrogen-bond donors (Lipinski definition) is 0. The third-order valence-corrected chi connectivity index (χ3v) is 9.65. The van der Waals surface area contributed by atoms with Crippen molar-refractivity contribution in [1.82, 2.24) is 0 Å². The van der Waals surface area contributed by atoms with E-state index in [0.29, 0.717) is 0 Å². The summed E-state index contributed by atoms with van der Waals surface area (Å²) >= 11 is 0. The number of fused-ring (bicyclic) bond motifs is 3. The van der Waals surface area contributed by atoms with Crippen LogP contribution in [-0.2, 0) is 5.41 Å². The molecule has 0 aromatic heterocycles. The van der Waals surface area contributed by atoms with Crippen LogP contribution in [0.25, 0.3) is 16.8 Å². The summed E-state index contributed by atoms with van der Waals surface area (Å²) in [4.78, 5) is 0. The maximum atomic E-state index is 2.37. The lowest BCUT2D eigenvalue weighted by molar-refractivity contribution is -0.401. The highest BCUT2D eigenvalue weighted by molar-refractivity contribution is 6.96. The van der Waals surface area contributed by atoms with Crippen molar-refractivity contribution in [2.75, 3.05) is 7.05 Å². The van der Waals surface area contributed by atoms with Crippen LogP contribution in [0.3, 0.4) is 0 Å². The highest BCUT2D eigenvalue weighted by Crippen LogP contribution is 2.43. The summed E-state index contributed by atoms with van der Waals surface area (Å²) in [6.07, 6.45) is 4.61. The number of rotatable bonds is 5. The monoisotopic (exact) mass is 705 g/mol. The van der Waals surface area contributed by atoms with Gasteiger partial charge in [-0.25, -0.2) is 0 Å². The molecule has 0 spiro atoms. The summed E-state index contributed by atoms with van der Waals surface area (Å²) in [5.41, 5.74) is 17.5. The number of benzene rings is 5. The fourth-order valence-electron chi connectivity index (χ4n) is 7.94. The average molecular weight is 706 g/mol. The van der Waals surface area contributed by atoms with E-state index in [-0.39, 0.29) is 41.6 Å². The molecule has 5 aromatic carbocycles. The van der Waals surface area contributed by atoms with Gasteiger partial charge in [-0.15, -0.1) is 0 Å². The number of allylic oxidation sites excluding steroid dienone is 1. The van der Waals surface area contributed by atoms with Gasteiger partial charge in [-0.1, -0.05) is 123 Å². The van der Waals surface area contributed by atoms with Gasteiger partial charge in [-0.05, 0) is 83.9 Å². The minimum Gasteiger partial charge on any atom is -1.00 e. The molecule has 2 nitrogen and oxygen atoms in total. The molecule has 0 saturated heterocycles. The smallest absolute Gasteiger partial charge is 0.242 e. The summed E-state index contributed by atoms with van der Waals surface area (Å²) < 4.78 is 2.37. The Bertz CT molecular complexity index is 1860. The van der Waals surface area contributed by atoms with Gasteiger partial charge in [0.15, 0.2) is 5.71 Å². The number of aryl methyl sites for hydroxylation is 6. The molecule has 230 valence electrons. The predicted octanol–water partition coefficient (Wildman–Crippen LogP) is 4.11. The van der Waals surface area contributed by atoms with Crippen LogP contribution < -0.4 is 40.4 Å². The van der Waals surface area contributed by atoms with Crippen molar-refractivity contribution in [2.24, 2.45) is 0 Å². The third kappa shape index (κ3) is 6.07. The van der Waals surface area contributed by atoms with Crippen LogP contribution in [0, 0.1) is 41.5 Å². The zero-order chi connectivity index (χ0) is 30.6. The van der Waals surface area contributed by atoms with Crippen molar-refractivity contribution in [3.8, 4) is 0 Å². The Hall–Kier alpha value is -3.48. The Labute approximate surface area is 287 Å². The molecule has 1 heterocycles. The first-order valence-electron chi connectivity index (χ1n) is 15.5. The zero-order valence-corrected chi connectivity index (χ0v) is 30.3. The van der Waals surface area contributed by atoms with Crippen molar-refractivity contribution in [3.63, 3.8) is 0 Å². The van der Waals surface area contributed by atoms with Gasteiger partial charge in [0.1, 0.15) is 7.05 Å². The standard InChI is InChI=1S/C41H43BN.HI.H2O/c1-26-22-28(3)39(29(4)23-26)42(40-30(5)24-27(2)25-31(40)6)34-18-14-32(15-19-34)16-21-37-41(7,8)38-35-13-11-10-12-33(35)17-20-36(38)43(37)9;;/h10-25H,1-9H3;1H;1H2/q+1;;/p-1/b21-16+;;. The Morgan fingerprint density at radius 3 is 1.69 bits per heavy atom. The second-order valence-corrected chi connectivity index (χ2v) is 13.3. The Morgan fingerprint density at radius 1 is 0.644 bits per heavy atom. The lowest BCUT2D eigenvalue weighted by Gasteiger charge is -2.24. The van der Waals surface area contributed by atoms with Gasteiger partial charge in [0.2, 0.25) is 12.4 Å². The molecule has 0 saturated carbocycles. The van der Waals surface area contributed by atoms with Gasteiger partial charge >= 0.3 is 0 Å². The van der Waals surface area contributed by atoms with Crippen LogP contribution in [0.4, 0.5) is 5.69 Å². The van der Waals surface area contributed by atoms with Gasteiger partial charge in [0, 0.05) is 17.7 Å². The molecule has 1 aliphatic rings. The number of hydrogen-bond acceptors (Lipinski definition) is 0. The maximum Gasteiger partial charge on any atom is 0.242 e. The van der Waals surface area contributed by atoms with Crippen LogP contribution in [0.2, 0.25) is 0 Å². The van der Waals surface area contributed by atoms with Crippen LogP contribution in [0.1, 0.15) is 58.4 Å². The van der Waals surface area contributed by atoms with Crippen molar-refractivity contribution in [2.45, 2.75) is 60.8 Å². The van der Waals surface area contributed by atoms with E-state index in [1.165, 1.54) is 83.1 Å². The van der Waals surface area contributed by atoms with Crippen LogP contribution in [0.5, 0.6) is 0 Å². The van der Waals surface area contributed by atoms with E-state index in [4.69, 9.17) is 0 Å². The van der Waals surface area contributed by atoms with Crippen molar-refractivity contribution >= 4 is 51.3 Å². The molecule has 45 heavy (non-hydrogen) atoms. The molecule has 0 atom stereocenters. The lowest BCUT2D eigenvalue weighted by atomic mass is 9.34. The van der Waals surface area contributed by atoms with Crippen molar-refractivity contribution < 1.29 is 34.0 Å². The van der Waals surface area contributed by atoms with E-state index >= 15 is 0 Å². The van der Waals surface area contributed by atoms with Crippen molar-refractivity contribution in [3.05, 3.63) is 136 Å². The SMILES string of the molecule is Cc1cc(C)c(B(c2ccc(/C=C/C3=[N+](C)c4ccc5ccccc5c4C3(C)C)cc2)c2c(C)cc(C)cc2C)c(C)c1.O.[I-]. The highest BCUT2D eigenvalue weighted by atomic mass is 127. The third-order valence-electron chi connectivity index (χ3n) is 9.65. The van der Waals surface area contributed by atoms with E-state index < -0.39 is 0 Å². The van der Waals surface area contributed by atoms with E-state index in [9.17, 15) is 0 Å². The molecule has 1 aliphatic heterocycles. The van der Waals surface area contributed by atoms with E-state index in [1.54, 1.807) is 0 Å². The summed E-state index contributed by atoms with van der Waals surface area (Å²) in [5, 5.41) is 2.65. The minimum atomic E-state index is -0.0898. The Kier molecular flexibility index (Phi) is 10.0. The topological polar surface area (TPSA) is 34.5 Å². The number of halogens is 1. The molecule has 0 radical (unpaired) electrons. The van der Waals surface area contributed by atoms with E-state index in [0.717, 1.165) is 0 Å². The molecule has 0 fully saturated rings. The summed E-state index contributed by atoms with van der Waals surface area (Å²) in [6, 6.07) is 31.9. The predicted molar refractivity (Wildman–Crippen MR) is 193 cm³/mol. The molecular formula is C41H45BINO. The van der Waals surface area contributed by atoms with Gasteiger partial charge in [-0.3, -0.25) is 0 Å². The Morgan fingerprint density at radius 2 is 1.16 bits per heavy atom. The van der Waals surface area contributed by atoms with Gasteiger partial charge in [0.05, 0.1) is 5.41 Å². The second kappa shape index (κ2) is 13.1. The zero-order valence-electron chi connectivity index (χ0n) is 28.1. The van der Waals surface area contributed by atoms with Crippen LogP contribution in [0.15, 0.2) is 91.0 Å². The van der Waals surface area contributed by atoms with Gasteiger partial charge < -0.3 is 29.5 Å². The van der Waals surface area contributed by atoms with E-state index in [1.807, 2.05) is 0 Å². The molecule has 0 unspecified atom stereocenters. The first-order chi connectivity index (χ1) is 20.5. The van der Waals surface area contributed by atoms with Crippen molar-refractivity contribution in [1.29, 1.82) is 0 Å². The van der Waals surface area contributed by atoms with Crippen LogP contribution >= 0.6 is 0 Å². The van der Waals surface area contributed by atoms with Gasteiger partial charge in [-0.2, -0.15) is 4.58 Å². The molecule has 6 rings (SSSR count). The quantitative estimate of drug-likeness (QED) is 0.150. The average Bonchev–Trinajstić information content (AvgIpc) is 3.14. The first-order valence-corrected chi connectivity index (χ1v) is 15.5. The van der Waals surface area contributed by atoms with Crippen LogP contribution in [-0.4, -0.2) is 29.5 Å². The summed E-state index contributed by atoms with van der Waals surface area (Å²) in [5.74, 6) is 0. The lowest BCUT2D eigenvalue weighted by Crippen LogP contribution is -3.00. The normalized spacial score (nSPS) is 13.5. The van der Waals surface area contributed by atoms with Gasteiger partial charge in [0.25, 0.3) is 0 Å². The first kappa shape index (κ1) is 34.4. The molecule has 4 heteroatoms. The number of nitrogens with zero attached hydrogens (tertiary/aromatic N) is 1. The molecule has 0 bridgehead atoms. The minimum absolute atomic E-state index is 0. The maximum absolute atomic E-state index is 2.37. The molecular weight excluding hydrogens is 660 g/mol. The van der Waals surface area contributed by atoms with E-state index in [2.05, 4.69) is 164 Å². The molecule has 0 amide bonds. The molecule has 0 aliphatic carbocycles. The fourth-order valence-corrected chi connectivity index (χ4v) is 7.94. The molecule has 5 aromatic rings. The molecule has 2 N–H and O–H groups in total. The highest BCUT2D eigenvalue weighted by Gasteiger charge is 2.44.